The van der Waals surface area contributed by atoms with Crippen LogP contribution in [-0.4, -0.2) is 47.7 Å². The summed E-state index contributed by atoms with van der Waals surface area (Å²) in [5, 5.41) is 0.415. The molecular weight excluding hydrogens is 550 g/mol. The van der Waals surface area contributed by atoms with Gasteiger partial charge in [0.15, 0.2) is 0 Å². The van der Waals surface area contributed by atoms with Crippen molar-refractivity contribution in [3.63, 3.8) is 0 Å². The van der Waals surface area contributed by atoms with Crippen LogP contribution in [0.2, 0.25) is 5.02 Å². The van der Waals surface area contributed by atoms with Crippen molar-refractivity contribution in [1.29, 1.82) is 0 Å². The summed E-state index contributed by atoms with van der Waals surface area (Å²) >= 11 is 15.5. The summed E-state index contributed by atoms with van der Waals surface area (Å²) in [7, 11) is -20.3. The van der Waals surface area contributed by atoms with E-state index in [1.165, 1.54) is 24.3 Å². The Balaban J connectivity index is 0.000000576. The Morgan fingerprint density at radius 2 is 1.07 bits per heavy atom. The number of hydrogen-bond acceptors (Lipinski definition) is 5. The first-order valence-corrected chi connectivity index (χ1v) is 14.7. The van der Waals surface area contributed by atoms with Crippen molar-refractivity contribution in [2.45, 2.75) is 13.4 Å². The van der Waals surface area contributed by atoms with Gasteiger partial charge in [0, 0.05) is 9.92 Å². The molecule has 1 aromatic carbocycles. The van der Waals surface area contributed by atoms with Crippen molar-refractivity contribution in [2.75, 3.05) is 0 Å². The summed E-state index contributed by atoms with van der Waals surface area (Å²) in [6.45, 7) is 0. The molecule has 8 N–H and O–H groups in total. The first-order chi connectivity index (χ1) is 12.1. The minimum absolute atomic E-state index is 0.311. The van der Waals surface area contributed by atoms with E-state index < -0.39 is 38.9 Å². The van der Waals surface area contributed by atoms with Crippen LogP contribution < -0.4 is 0 Å². The van der Waals surface area contributed by atoms with Crippen LogP contribution in [0.4, 0.5) is 0 Å². The molecule has 0 atom stereocenters. The smallest absolute Gasteiger partial charge is 0.323 e. The van der Waals surface area contributed by atoms with Gasteiger partial charge in [0.25, 0.3) is 0 Å². The van der Waals surface area contributed by atoms with E-state index in [1.54, 1.807) is 0 Å². The second-order valence-electron chi connectivity index (χ2n) is 4.67. The highest BCUT2D eigenvalue weighted by atomic mass is 35.5. The molecule has 0 heterocycles. The van der Waals surface area contributed by atoms with Gasteiger partial charge in [-0.15, -0.1) is 0 Å². The Morgan fingerprint density at radius 3 is 1.29 bits per heavy atom. The van der Waals surface area contributed by atoms with Crippen LogP contribution in [0.3, 0.4) is 0 Å². The Labute approximate surface area is 176 Å². The van der Waals surface area contributed by atoms with E-state index in [2.05, 4.69) is 0 Å². The van der Waals surface area contributed by atoms with Gasteiger partial charge < -0.3 is 39.1 Å². The molecule has 0 radical (unpaired) electrons. The molecule has 164 valence electrons. The van der Waals surface area contributed by atoms with Crippen LogP contribution in [0, 0.1) is 0 Å². The fraction of sp³-hybridized carbons (Fsp3) is 0.250. The predicted octanol–water partition coefficient (Wildman–Crippen LogP) is 2.50. The summed E-state index contributed by atoms with van der Waals surface area (Å²) < 4.78 is 37.0. The van der Waals surface area contributed by atoms with Gasteiger partial charge in [0.05, 0.1) is 0 Å². The van der Waals surface area contributed by atoms with E-state index in [9.17, 15) is 18.3 Å². The van der Waals surface area contributed by atoms with E-state index >= 15 is 0 Å². The zero-order chi connectivity index (χ0) is 22.8. The van der Waals surface area contributed by atoms with Gasteiger partial charge in [0.1, 0.15) is 0 Å². The molecule has 20 heteroatoms. The molecule has 0 aliphatic heterocycles. The van der Waals surface area contributed by atoms with Gasteiger partial charge in [-0.1, -0.05) is 46.6 Å². The lowest BCUT2D eigenvalue weighted by molar-refractivity contribution is 0.343. The highest BCUT2D eigenvalue weighted by molar-refractivity contribution is 8.12. The Morgan fingerprint density at radius 1 is 0.750 bits per heavy atom. The number of rotatable bonds is 6. The maximum atomic E-state index is 11.0. The van der Waals surface area contributed by atoms with Crippen molar-refractivity contribution in [3.8, 4) is 0 Å². The molecule has 0 aliphatic carbocycles. The van der Waals surface area contributed by atoms with Crippen molar-refractivity contribution in [2.24, 2.45) is 0 Å². The van der Waals surface area contributed by atoms with E-state index in [1.807, 2.05) is 0 Å². The zero-order valence-corrected chi connectivity index (χ0v) is 19.6. The fourth-order valence-electron chi connectivity index (χ4n) is 1.14. The minimum Gasteiger partial charge on any atom is -0.323 e. The molecule has 0 fully saturated rings. The van der Waals surface area contributed by atoms with Gasteiger partial charge in [-0.3, -0.25) is 18.3 Å². The minimum atomic E-state index is -5.22. The van der Waals surface area contributed by atoms with E-state index in [0.717, 1.165) is 0 Å². The second-order valence-corrected chi connectivity index (χ2v) is 17.0. The number of benzene rings is 1. The third kappa shape index (κ3) is 9.04. The molecular formula is C8H13Cl3O12P4S. The van der Waals surface area contributed by atoms with Crippen molar-refractivity contribution < 1.29 is 57.4 Å². The molecule has 0 saturated carbocycles. The third-order valence-electron chi connectivity index (χ3n) is 2.33. The molecule has 0 spiro atoms. The number of thioether (sulfide) groups is 1. The van der Waals surface area contributed by atoms with Gasteiger partial charge in [-0.05, 0) is 24.3 Å². The summed E-state index contributed by atoms with van der Waals surface area (Å²) in [4.78, 5) is 68.9. The molecule has 0 aliphatic rings. The van der Waals surface area contributed by atoms with Gasteiger partial charge >= 0.3 is 34.2 Å². The quantitative estimate of drug-likeness (QED) is 0.141. The van der Waals surface area contributed by atoms with E-state index in [-0.39, 0.29) is 0 Å². The molecule has 0 aromatic heterocycles. The average molecular weight is 564 g/mol. The average Bonchev–Trinajstić information content (AvgIpc) is 2.42. The number of alkyl halides is 2. The molecule has 12 nitrogen and oxygen atoms in total. The summed E-state index contributed by atoms with van der Waals surface area (Å²) in [5.41, 5.74) is 0. The van der Waals surface area contributed by atoms with Gasteiger partial charge in [-0.25, -0.2) is 0 Å². The Bertz CT molecular complexity index is 808. The lowest BCUT2D eigenvalue weighted by Crippen LogP contribution is -2.13. The standard InChI is InChI=1S/C7H9ClO6P2S.CH4Cl2O6P2/c8-5-1-3-6(4-2-5)17-7(15(9,10)11)16(12,13)14;2-1(3,10(4,5)6)11(7,8)9/h1-4,7H,(H2,9,10,11)(H2,12,13,14);(H2,4,5,6)(H2,7,8,9). The molecule has 1 rings (SSSR count). The van der Waals surface area contributed by atoms with Gasteiger partial charge in [0.2, 0.25) is 4.73 Å². The van der Waals surface area contributed by atoms with E-state index in [4.69, 9.17) is 74.0 Å². The van der Waals surface area contributed by atoms with Crippen LogP contribution in [0.15, 0.2) is 29.2 Å². The molecule has 0 bridgehead atoms. The highest BCUT2D eigenvalue weighted by Gasteiger charge is 2.58. The molecule has 0 saturated heterocycles. The first-order valence-electron chi connectivity index (χ1n) is 6.12. The second kappa shape index (κ2) is 10.1. The van der Waals surface area contributed by atoms with Crippen LogP contribution >= 0.6 is 76.9 Å². The highest BCUT2D eigenvalue weighted by Crippen LogP contribution is 2.73. The topological polar surface area (TPSA) is 230 Å². The first kappa shape index (κ1) is 29.0. The Hall–Kier alpha value is 1.04. The summed E-state index contributed by atoms with van der Waals surface area (Å²) in [6, 6.07) is 5.76. The normalized spacial score (nSPS) is 13.9. The maximum absolute atomic E-state index is 11.0. The van der Waals surface area contributed by atoms with Crippen LogP contribution in [0.5, 0.6) is 0 Å². The largest absolute Gasteiger partial charge is 0.373 e. The molecule has 0 unspecified atom stereocenters. The van der Waals surface area contributed by atoms with Crippen LogP contribution in [0.25, 0.3) is 0 Å². The lowest BCUT2D eigenvalue weighted by atomic mass is 10.4. The van der Waals surface area contributed by atoms with Crippen molar-refractivity contribution in [1.82, 2.24) is 0 Å². The molecule has 1 aromatic rings. The van der Waals surface area contributed by atoms with E-state index in [0.29, 0.717) is 21.7 Å². The zero-order valence-electron chi connectivity index (χ0n) is 12.9. The summed E-state index contributed by atoms with van der Waals surface area (Å²) in [5.74, 6) is 0. The molecule has 28 heavy (non-hydrogen) atoms. The molecule has 0 amide bonds. The third-order valence-corrected chi connectivity index (χ3v) is 14.2. The van der Waals surface area contributed by atoms with Crippen LogP contribution in [-0.2, 0) is 18.3 Å². The fourth-order valence-corrected chi connectivity index (χ4v) is 6.55. The lowest BCUT2D eigenvalue weighted by Gasteiger charge is -2.20. The maximum Gasteiger partial charge on any atom is 0.373 e. The monoisotopic (exact) mass is 562 g/mol. The van der Waals surface area contributed by atoms with Crippen LogP contribution in [0.1, 0.15) is 0 Å². The Kier molecular flexibility index (Phi) is 10.5. The SMILES string of the molecule is O=P(O)(O)C(Cl)(Cl)P(=O)(O)O.O=P(O)(O)C(Sc1ccc(Cl)cc1)P(=O)(O)O. The summed E-state index contributed by atoms with van der Waals surface area (Å²) in [6.07, 6.45) is 0. The van der Waals surface area contributed by atoms with Crippen molar-refractivity contribution >= 4 is 76.9 Å². The van der Waals surface area contributed by atoms with Gasteiger partial charge in [-0.2, -0.15) is 0 Å². The number of halogens is 3. The predicted molar refractivity (Wildman–Crippen MR) is 104 cm³/mol. The number of hydrogen-bond donors (Lipinski definition) is 8. The van der Waals surface area contributed by atoms with Crippen molar-refractivity contribution in [3.05, 3.63) is 29.3 Å².